The van der Waals surface area contributed by atoms with Crippen LogP contribution in [0.4, 0.5) is 0 Å². The Hall–Kier alpha value is -1.29. The minimum atomic E-state index is -3.74. The lowest BCUT2D eigenvalue weighted by molar-refractivity contribution is -0.00200. The van der Waals surface area contributed by atoms with Gasteiger partial charge in [0.05, 0.1) is 64.4 Å². The highest BCUT2D eigenvalue weighted by Gasteiger charge is 2.14. The zero-order valence-corrected chi connectivity index (χ0v) is 16.0. The van der Waals surface area contributed by atoms with E-state index in [1.54, 1.807) is 18.2 Å². The van der Waals surface area contributed by atoms with Gasteiger partial charge in [0.25, 0.3) is 10.1 Å². The van der Waals surface area contributed by atoms with Crippen LogP contribution in [-0.4, -0.2) is 67.9 Å². The summed E-state index contributed by atoms with van der Waals surface area (Å²) >= 11 is 0. The number of aryl methyl sites for hydroxylation is 1. The van der Waals surface area contributed by atoms with Crippen LogP contribution in [0.1, 0.15) is 5.56 Å². The van der Waals surface area contributed by atoms with Gasteiger partial charge in [-0.05, 0) is 19.1 Å². The number of benzene rings is 1. The summed E-state index contributed by atoms with van der Waals surface area (Å²) in [4.78, 5) is 0.140. The third kappa shape index (κ3) is 10.6. The van der Waals surface area contributed by atoms with Crippen LogP contribution in [-0.2, 0) is 33.2 Å². The molecule has 0 fully saturated rings. The second-order valence-corrected chi connectivity index (χ2v) is 6.91. The first kappa shape index (κ1) is 22.8. The molecule has 0 aliphatic rings. The highest BCUT2D eigenvalue weighted by atomic mass is 32.2. The summed E-state index contributed by atoms with van der Waals surface area (Å²) in [6.07, 6.45) is 1.69. The Morgan fingerprint density at radius 2 is 1.27 bits per heavy atom. The van der Waals surface area contributed by atoms with E-state index in [1.807, 2.05) is 6.92 Å². The minimum absolute atomic E-state index is 0.0377. The molecule has 0 saturated heterocycles. The largest absolute Gasteiger partial charge is 0.377 e. The van der Waals surface area contributed by atoms with Crippen molar-refractivity contribution in [2.24, 2.45) is 0 Å². The van der Waals surface area contributed by atoms with Crippen molar-refractivity contribution in [3.63, 3.8) is 0 Å². The summed E-state index contributed by atoms with van der Waals surface area (Å²) in [5.41, 5.74) is 0.985. The van der Waals surface area contributed by atoms with Gasteiger partial charge in [-0.2, -0.15) is 8.42 Å². The summed E-state index contributed by atoms with van der Waals surface area (Å²) in [6.45, 7) is 8.84. The van der Waals surface area contributed by atoms with E-state index in [4.69, 9.17) is 23.1 Å². The first-order chi connectivity index (χ1) is 12.6. The maximum Gasteiger partial charge on any atom is 0.297 e. The van der Waals surface area contributed by atoms with E-state index < -0.39 is 10.1 Å². The molecule has 1 rings (SSSR count). The van der Waals surface area contributed by atoms with E-state index in [2.05, 4.69) is 6.58 Å². The summed E-state index contributed by atoms with van der Waals surface area (Å²) in [6, 6.07) is 6.49. The number of ether oxygens (including phenoxy) is 4. The molecule has 1 aromatic rings. The zero-order chi connectivity index (χ0) is 19.1. The highest BCUT2D eigenvalue weighted by molar-refractivity contribution is 7.86. The summed E-state index contributed by atoms with van der Waals surface area (Å²) < 4.78 is 49.8. The van der Waals surface area contributed by atoms with Gasteiger partial charge in [0.2, 0.25) is 0 Å². The average molecular weight is 388 g/mol. The quantitative estimate of drug-likeness (QED) is 0.243. The van der Waals surface area contributed by atoms with Crippen LogP contribution in [0.5, 0.6) is 0 Å². The van der Waals surface area contributed by atoms with Gasteiger partial charge in [-0.25, -0.2) is 0 Å². The van der Waals surface area contributed by atoms with Gasteiger partial charge in [0, 0.05) is 0 Å². The average Bonchev–Trinajstić information content (AvgIpc) is 2.62. The standard InChI is InChI=1S/C18H28O7S/c1-3-8-21-9-10-22-11-12-23-13-14-24-15-16-25-26(19,20)18-6-4-17(2)5-7-18/h3-7H,1,8-16H2,2H3. The summed E-state index contributed by atoms with van der Waals surface area (Å²) in [5, 5.41) is 0. The van der Waals surface area contributed by atoms with Gasteiger partial charge in [0.15, 0.2) is 0 Å². The maximum absolute atomic E-state index is 11.9. The van der Waals surface area contributed by atoms with Crippen LogP contribution in [0.2, 0.25) is 0 Å². The molecule has 0 heterocycles. The normalized spacial score (nSPS) is 11.6. The molecule has 1 aromatic carbocycles. The highest BCUT2D eigenvalue weighted by Crippen LogP contribution is 2.12. The lowest BCUT2D eigenvalue weighted by atomic mass is 10.2. The molecule has 0 aliphatic carbocycles. The molecule has 148 valence electrons. The molecule has 0 radical (unpaired) electrons. The first-order valence-corrected chi connectivity index (χ1v) is 9.85. The number of rotatable bonds is 16. The Morgan fingerprint density at radius 3 is 1.77 bits per heavy atom. The van der Waals surface area contributed by atoms with Gasteiger partial charge < -0.3 is 18.9 Å². The van der Waals surface area contributed by atoms with Crippen molar-refractivity contribution in [1.82, 2.24) is 0 Å². The van der Waals surface area contributed by atoms with E-state index in [-0.39, 0.29) is 18.1 Å². The number of hydrogen-bond donors (Lipinski definition) is 0. The van der Waals surface area contributed by atoms with E-state index in [9.17, 15) is 8.42 Å². The van der Waals surface area contributed by atoms with Crippen molar-refractivity contribution in [3.8, 4) is 0 Å². The summed E-state index contributed by atoms with van der Waals surface area (Å²) in [7, 11) is -3.74. The number of hydrogen-bond acceptors (Lipinski definition) is 7. The van der Waals surface area contributed by atoms with Gasteiger partial charge in [0.1, 0.15) is 0 Å². The molecule has 7 nitrogen and oxygen atoms in total. The molecule has 0 aromatic heterocycles. The fourth-order valence-corrected chi connectivity index (χ4v) is 2.69. The van der Waals surface area contributed by atoms with Crippen molar-refractivity contribution in [2.45, 2.75) is 11.8 Å². The molecule has 8 heteroatoms. The third-order valence-electron chi connectivity index (χ3n) is 3.13. The van der Waals surface area contributed by atoms with Crippen LogP contribution in [0.25, 0.3) is 0 Å². The molecule has 0 aliphatic heterocycles. The molecule has 0 N–H and O–H groups in total. The molecule has 0 unspecified atom stereocenters. The predicted octanol–water partition coefficient (Wildman–Crippen LogP) is 1.95. The topological polar surface area (TPSA) is 80.3 Å². The Kier molecular flexibility index (Phi) is 12.1. The molecule has 26 heavy (non-hydrogen) atoms. The van der Waals surface area contributed by atoms with Crippen molar-refractivity contribution < 1.29 is 31.5 Å². The molecular weight excluding hydrogens is 360 g/mol. The van der Waals surface area contributed by atoms with Gasteiger partial charge >= 0.3 is 0 Å². The fourth-order valence-electron chi connectivity index (χ4n) is 1.80. The van der Waals surface area contributed by atoms with Gasteiger partial charge in [-0.1, -0.05) is 23.8 Å². The second-order valence-electron chi connectivity index (χ2n) is 5.29. The Bertz CT molecular complexity index is 584. The van der Waals surface area contributed by atoms with Crippen LogP contribution in [0.15, 0.2) is 41.8 Å². The molecule has 0 spiro atoms. The van der Waals surface area contributed by atoms with Crippen molar-refractivity contribution in [2.75, 3.05) is 59.5 Å². The van der Waals surface area contributed by atoms with Crippen molar-refractivity contribution in [1.29, 1.82) is 0 Å². The predicted molar refractivity (Wildman–Crippen MR) is 97.8 cm³/mol. The zero-order valence-electron chi connectivity index (χ0n) is 15.2. The molecule has 0 bridgehead atoms. The Morgan fingerprint density at radius 1 is 0.808 bits per heavy atom. The minimum Gasteiger partial charge on any atom is -0.377 e. The second kappa shape index (κ2) is 13.9. The SMILES string of the molecule is C=CCOCCOCCOCCOCCOS(=O)(=O)c1ccc(C)cc1. The molecule has 0 atom stereocenters. The van der Waals surface area contributed by atoms with E-state index in [0.717, 1.165) is 5.56 Å². The van der Waals surface area contributed by atoms with Crippen LogP contribution in [0.3, 0.4) is 0 Å². The summed E-state index contributed by atoms with van der Waals surface area (Å²) in [5.74, 6) is 0. The third-order valence-corrected chi connectivity index (χ3v) is 4.45. The first-order valence-electron chi connectivity index (χ1n) is 8.44. The lowest BCUT2D eigenvalue weighted by Gasteiger charge is -2.08. The Labute approximate surface area is 156 Å². The van der Waals surface area contributed by atoms with Crippen molar-refractivity contribution >= 4 is 10.1 Å². The molecule has 0 amide bonds. The van der Waals surface area contributed by atoms with Crippen LogP contribution < -0.4 is 0 Å². The monoisotopic (exact) mass is 388 g/mol. The fraction of sp³-hybridized carbons (Fsp3) is 0.556. The Balaban J connectivity index is 1.94. The van der Waals surface area contributed by atoms with Crippen LogP contribution in [0, 0.1) is 6.92 Å². The molecule has 0 saturated carbocycles. The lowest BCUT2D eigenvalue weighted by Crippen LogP contribution is -2.15. The van der Waals surface area contributed by atoms with E-state index in [1.165, 1.54) is 12.1 Å². The maximum atomic E-state index is 11.9. The molecular formula is C18H28O7S. The van der Waals surface area contributed by atoms with Crippen LogP contribution >= 0.6 is 0 Å². The van der Waals surface area contributed by atoms with Crippen molar-refractivity contribution in [3.05, 3.63) is 42.5 Å². The smallest absolute Gasteiger partial charge is 0.297 e. The van der Waals surface area contributed by atoms with Gasteiger partial charge in [-0.3, -0.25) is 4.18 Å². The van der Waals surface area contributed by atoms with E-state index >= 15 is 0 Å². The van der Waals surface area contributed by atoms with E-state index in [0.29, 0.717) is 46.2 Å². The van der Waals surface area contributed by atoms with Gasteiger partial charge in [-0.15, -0.1) is 6.58 Å².